The lowest BCUT2D eigenvalue weighted by molar-refractivity contribution is -0.384. The number of halogens is 2. The Morgan fingerprint density at radius 1 is 1.43 bits per heavy atom. The first-order valence-corrected chi connectivity index (χ1v) is 4.31. The highest BCUT2D eigenvalue weighted by Gasteiger charge is 2.15. The van der Waals surface area contributed by atoms with Gasteiger partial charge in [0.05, 0.1) is 22.4 Å². The minimum absolute atomic E-state index is 0.00958. The van der Waals surface area contributed by atoms with E-state index in [4.69, 9.17) is 28.5 Å². The Hall–Kier alpha value is -1.31. The molecule has 0 radical (unpaired) electrons. The SMILES string of the molecule is N#CCc1cc(Cl)c([N+](=O)[O-])cc1Cl. The molecule has 0 spiro atoms. The molecule has 14 heavy (non-hydrogen) atoms. The zero-order valence-electron chi connectivity index (χ0n) is 6.83. The molecule has 1 aromatic rings. The Bertz CT molecular complexity index is 426. The van der Waals surface area contributed by atoms with Gasteiger partial charge >= 0.3 is 0 Å². The summed E-state index contributed by atoms with van der Waals surface area (Å²) in [4.78, 5) is 9.82. The van der Waals surface area contributed by atoms with Crippen LogP contribution in [0.15, 0.2) is 12.1 Å². The second-order valence-electron chi connectivity index (χ2n) is 2.49. The van der Waals surface area contributed by atoms with Gasteiger partial charge in [-0.1, -0.05) is 23.2 Å². The van der Waals surface area contributed by atoms with E-state index in [2.05, 4.69) is 0 Å². The third kappa shape index (κ3) is 2.13. The van der Waals surface area contributed by atoms with Crippen molar-refractivity contribution in [2.24, 2.45) is 0 Å². The first-order chi connectivity index (χ1) is 6.56. The van der Waals surface area contributed by atoms with E-state index in [0.717, 1.165) is 6.07 Å². The van der Waals surface area contributed by atoms with Crippen molar-refractivity contribution in [3.8, 4) is 6.07 Å². The Balaban J connectivity index is 3.25. The van der Waals surface area contributed by atoms with Gasteiger partial charge in [0.1, 0.15) is 5.02 Å². The molecule has 0 aliphatic rings. The summed E-state index contributed by atoms with van der Waals surface area (Å²) in [6, 6.07) is 4.38. The molecule has 4 nitrogen and oxygen atoms in total. The molecule has 6 heteroatoms. The second-order valence-corrected chi connectivity index (χ2v) is 3.30. The molecule has 1 rings (SSSR count). The number of benzene rings is 1. The first-order valence-electron chi connectivity index (χ1n) is 3.55. The van der Waals surface area contributed by atoms with Gasteiger partial charge in [0.2, 0.25) is 0 Å². The number of nitro groups is 1. The van der Waals surface area contributed by atoms with Crippen LogP contribution >= 0.6 is 23.2 Å². The highest BCUT2D eigenvalue weighted by molar-refractivity contribution is 6.35. The number of nitriles is 1. The highest BCUT2D eigenvalue weighted by atomic mass is 35.5. The number of rotatable bonds is 2. The minimum Gasteiger partial charge on any atom is -0.258 e. The lowest BCUT2D eigenvalue weighted by Crippen LogP contribution is -1.92. The molecule has 0 saturated heterocycles. The normalized spacial score (nSPS) is 9.50. The van der Waals surface area contributed by atoms with Gasteiger partial charge in [-0.15, -0.1) is 0 Å². The summed E-state index contributed by atoms with van der Waals surface area (Å²) < 4.78 is 0. The van der Waals surface area contributed by atoms with Crippen molar-refractivity contribution in [3.05, 3.63) is 37.9 Å². The fourth-order valence-corrected chi connectivity index (χ4v) is 1.42. The van der Waals surface area contributed by atoms with Crippen molar-refractivity contribution in [2.45, 2.75) is 6.42 Å². The van der Waals surface area contributed by atoms with Gasteiger partial charge in [-0.25, -0.2) is 0 Å². The van der Waals surface area contributed by atoms with Crippen LogP contribution in [0.4, 0.5) is 5.69 Å². The molecule has 0 atom stereocenters. The fourth-order valence-electron chi connectivity index (χ4n) is 0.938. The third-order valence-electron chi connectivity index (χ3n) is 1.58. The van der Waals surface area contributed by atoms with Crippen LogP contribution in [0.25, 0.3) is 0 Å². The molecular weight excluding hydrogens is 227 g/mol. The van der Waals surface area contributed by atoms with Crippen LogP contribution in [0.2, 0.25) is 10.0 Å². The van der Waals surface area contributed by atoms with E-state index >= 15 is 0 Å². The molecule has 72 valence electrons. The molecule has 1 aromatic carbocycles. The second kappa shape index (κ2) is 4.27. The zero-order chi connectivity index (χ0) is 10.7. The van der Waals surface area contributed by atoms with Gasteiger partial charge in [-0.3, -0.25) is 10.1 Å². The predicted molar refractivity (Wildman–Crippen MR) is 52.4 cm³/mol. The first kappa shape index (κ1) is 10.8. The van der Waals surface area contributed by atoms with Crippen molar-refractivity contribution in [1.82, 2.24) is 0 Å². The van der Waals surface area contributed by atoms with Crippen LogP contribution in [-0.2, 0) is 6.42 Å². The van der Waals surface area contributed by atoms with Crippen LogP contribution in [-0.4, -0.2) is 4.92 Å². The van der Waals surface area contributed by atoms with Crippen molar-refractivity contribution >= 4 is 28.9 Å². The fraction of sp³-hybridized carbons (Fsp3) is 0.125. The smallest absolute Gasteiger partial charge is 0.258 e. The summed E-state index contributed by atoms with van der Waals surface area (Å²) in [5.41, 5.74) is 0.239. The maximum atomic E-state index is 10.4. The summed E-state index contributed by atoms with van der Waals surface area (Å²) >= 11 is 11.3. The van der Waals surface area contributed by atoms with Crippen molar-refractivity contribution in [2.75, 3.05) is 0 Å². The average Bonchev–Trinajstić information content (AvgIpc) is 2.10. The lowest BCUT2D eigenvalue weighted by Gasteiger charge is -2.00. The molecule has 0 aromatic heterocycles. The van der Waals surface area contributed by atoms with Gasteiger partial charge in [0.25, 0.3) is 5.69 Å². The molecule has 0 aliphatic carbocycles. The zero-order valence-corrected chi connectivity index (χ0v) is 8.34. The van der Waals surface area contributed by atoms with E-state index in [1.807, 2.05) is 6.07 Å². The third-order valence-corrected chi connectivity index (χ3v) is 2.24. The van der Waals surface area contributed by atoms with Crippen LogP contribution in [0.3, 0.4) is 0 Å². The van der Waals surface area contributed by atoms with E-state index in [9.17, 15) is 10.1 Å². The van der Waals surface area contributed by atoms with Gasteiger partial charge in [-0.2, -0.15) is 5.26 Å². The Labute approximate surface area is 89.8 Å². The van der Waals surface area contributed by atoms with Crippen LogP contribution in [0.5, 0.6) is 0 Å². The Morgan fingerprint density at radius 2 is 2.07 bits per heavy atom. The maximum absolute atomic E-state index is 10.4. The van der Waals surface area contributed by atoms with Crippen LogP contribution in [0.1, 0.15) is 5.56 Å². The Morgan fingerprint density at radius 3 is 2.57 bits per heavy atom. The van der Waals surface area contributed by atoms with Crippen molar-refractivity contribution in [1.29, 1.82) is 5.26 Å². The van der Waals surface area contributed by atoms with Crippen molar-refractivity contribution in [3.63, 3.8) is 0 Å². The van der Waals surface area contributed by atoms with E-state index < -0.39 is 4.92 Å². The molecule has 0 unspecified atom stereocenters. The quantitative estimate of drug-likeness (QED) is 0.580. The standard InChI is InChI=1S/C8H4Cl2N2O2/c9-6-4-8(12(13)14)7(10)3-5(6)1-2-11/h3-4H,1H2. The average molecular weight is 231 g/mol. The number of nitro benzene ring substituents is 1. The monoisotopic (exact) mass is 230 g/mol. The highest BCUT2D eigenvalue weighted by Crippen LogP contribution is 2.30. The maximum Gasteiger partial charge on any atom is 0.289 e. The van der Waals surface area contributed by atoms with Gasteiger partial charge < -0.3 is 0 Å². The molecule has 0 amide bonds. The molecular formula is C8H4Cl2N2O2. The summed E-state index contributed by atoms with van der Waals surface area (Å²) in [5.74, 6) is 0. The molecule has 0 saturated carbocycles. The molecule has 0 aliphatic heterocycles. The largest absolute Gasteiger partial charge is 0.289 e. The van der Waals surface area contributed by atoms with Gasteiger partial charge in [0, 0.05) is 6.07 Å². The molecule has 0 bridgehead atoms. The van der Waals surface area contributed by atoms with E-state index in [1.165, 1.54) is 6.07 Å². The predicted octanol–water partition coefficient (Wildman–Crippen LogP) is 2.97. The van der Waals surface area contributed by atoms with Gasteiger partial charge in [-0.05, 0) is 11.6 Å². The lowest BCUT2D eigenvalue weighted by atomic mass is 10.1. The number of nitrogens with zero attached hydrogens (tertiary/aromatic N) is 2. The number of hydrogen-bond acceptors (Lipinski definition) is 3. The van der Waals surface area contributed by atoms with Gasteiger partial charge in [0.15, 0.2) is 0 Å². The molecule has 0 heterocycles. The molecule has 0 N–H and O–H groups in total. The topological polar surface area (TPSA) is 66.9 Å². The summed E-state index contributed by atoms with van der Waals surface area (Å²) in [7, 11) is 0. The number of hydrogen-bond donors (Lipinski definition) is 0. The molecule has 0 fully saturated rings. The van der Waals surface area contributed by atoms with E-state index in [0.29, 0.717) is 5.56 Å². The van der Waals surface area contributed by atoms with E-state index in [-0.39, 0.29) is 22.2 Å². The summed E-state index contributed by atoms with van der Waals surface area (Å²) in [6.45, 7) is 0. The van der Waals surface area contributed by atoms with E-state index in [1.54, 1.807) is 0 Å². The summed E-state index contributed by atoms with van der Waals surface area (Å²) in [5, 5.41) is 19.0. The summed E-state index contributed by atoms with van der Waals surface area (Å²) in [6.07, 6.45) is 0.0799. The Kier molecular flexibility index (Phi) is 3.28. The van der Waals surface area contributed by atoms with Crippen molar-refractivity contribution < 1.29 is 4.92 Å². The van der Waals surface area contributed by atoms with Crippen LogP contribution < -0.4 is 0 Å². The minimum atomic E-state index is -0.621. The van der Waals surface area contributed by atoms with Crippen LogP contribution in [0, 0.1) is 21.4 Å².